The van der Waals surface area contributed by atoms with Crippen LogP contribution in [-0.2, 0) is 9.53 Å². The van der Waals surface area contributed by atoms with E-state index in [0.717, 1.165) is 18.9 Å². The van der Waals surface area contributed by atoms with Gasteiger partial charge in [-0.2, -0.15) is 0 Å². The summed E-state index contributed by atoms with van der Waals surface area (Å²) in [6.45, 7) is 0.583. The van der Waals surface area contributed by atoms with Gasteiger partial charge in [-0.25, -0.2) is 0 Å². The van der Waals surface area contributed by atoms with E-state index >= 15 is 0 Å². The molecule has 0 aromatic heterocycles. The molecule has 0 heterocycles. The largest absolute Gasteiger partial charge is 0.458 e. The van der Waals surface area contributed by atoms with E-state index in [9.17, 15) is 25.2 Å². The molecule has 0 radical (unpaired) electrons. The molecule has 0 saturated carbocycles. The molecule has 0 bridgehead atoms. The second-order valence-electron chi connectivity index (χ2n) is 8.49. The zero-order chi connectivity index (χ0) is 25.6. The molecule has 6 N–H and O–H groups in total. The van der Waals surface area contributed by atoms with Crippen molar-refractivity contribution in [2.75, 3.05) is 13.2 Å². The second-order valence-corrected chi connectivity index (χ2v) is 8.49. The number of allylic oxidation sites excluding steroid dienone is 5. The van der Waals surface area contributed by atoms with Gasteiger partial charge in [-0.3, -0.25) is 4.79 Å². The maximum Gasteiger partial charge on any atom is 0.228 e. The van der Waals surface area contributed by atoms with Gasteiger partial charge in [-0.1, -0.05) is 95.4 Å². The van der Waals surface area contributed by atoms with E-state index < -0.39 is 49.4 Å². The fourth-order valence-corrected chi connectivity index (χ4v) is 3.21. The Hall–Kier alpha value is -1.55. The van der Waals surface area contributed by atoms with Crippen molar-refractivity contribution < 1.29 is 40.2 Å². The first-order valence-corrected chi connectivity index (χ1v) is 12.6. The van der Waals surface area contributed by atoms with Crippen molar-refractivity contribution in [2.24, 2.45) is 0 Å². The summed E-state index contributed by atoms with van der Waals surface area (Å²) in [5.41, 5.74) is 0. The minimum Gasteiger partial charge on any atom is -0.458 e. The average molecular weight is 487 g/mol. The maximum absolute atomic E-state index is 12.3. The molecule has 0 aromatic carbocycles. The molecule has 0 spiro atoms. The standard InChI is InChI=1S/C26H46O8/c1-2-3-4-5-6-7-8-9-10-11-12-13-14-15-16-17-18-23(34-26(33)22(30)20-28)25(32)24(31)21(29)19-27/h14-18,21-22,24,26-31,33H,2-13,19-20H2,1H3/b15-14+,17-16+,23-18+. The van der Waals surface area contributed by atoms with Crippen LogP contribution in [0.15, 0.2) is 36.1 Å². The van der Waals surface area contributed by atoms with Gasteiger partial charge in [-0.15, -0.1) is 0 Å². The summed E-state index contributed by atoms with van der Waals surface area (Å²) < 4.78 is 4.93. The molecule has 198 valence electrons. The van der Waals surface area contributed by atoms with E-state index in [4.69, 9.17) is 14.9 Å². The molecule has 0 fully saturated rings. The van der Waals surface area contributed by atoms with E-state index in [1.807, 2.05) is 6.08 Å². The number of rotatable bonds is 22. The highest BCUT2D eigenvalue weighted by atomic mass is 16.6. The van der Waals surface area contributed by atoms with Crippen LogP contribution in [-0.4, -0.2) is 74.2 Å². The molecule has 8 nitrogen and oxygen atoms in total. The Morgan fingerprint density at radius 2 is 1.26 bits per heavy atom. The summed E-state index contributed by atoms with van der Waals surface area (Å²) in [6.07, 6.45) is 15.9. The highest BCUT2D eigenvalue weighted by Gasteiger charge is 2.30. The van der Waals surface area contributed by atoms with Gasteiger partial charge in [0.2, 0.25) is 12.1 Å². The quantitative estimate of drug-likeness (QED) is 0.0450. The van der Waals surface area contributed by atoms with Gasteiger partial charge in [0.05, 0.1) is 13.2 Å². The molecule has 0 rings (SSSR count). The van der Waals surface area contributed by atoms with Crippen LogP contribution >= 0.6 is 0 Å². The third-order valence-electron chi connectivity index (χ3n) is 5.41. The molecule has 0 saturated heterocycles. The van der Waals surface area contributed by atoms with Crippen LogP contribution in [0.1, 0.15) is 84.0 Å². The van der Waals surface area contributed by atoms with Crippen molar-refractivity contribution in [3.05, 3.63) is 36.1 Å². The highest BCUT2D eigenvalue weighted by Crippen LogP contribution is 2.13. The van der Waals surface area contributed by atoms with Gasteiger partial charge < -0.3 is 35.4 Å². The number of carbonyl (C=O) groups is 1. The normalized spacial score (nSPS) is 16.1. The van der Waals surface area contributed by atoms with Gasteiger partial charge in [0.1, 0.15) is 18.3 Å². The van der Waals surface area contributed by atoms with E-state index in [1.165, 1.54) is 70.3 Å². The van der Waals surface area contributed by atoms with Crippen LogP contribution in [0.25, 0.3) is 0 Å². The first-order valence-electron chi connectivity index (χ1n) is 12.6. The lowest BCUT2D eigenvalue weighted by molar-refractivity contribution is -0.162. The van der Waals surface area contributed by atoms with Crippen molar-refractivity contribution in [1.29, 1.82) is 0 Å². The molecule has 0 aliphatic heterocycles. The molecule has 8 heteroatoms. The summed E-state index contributed by atoms with van der Waals surface area (Å²) in [7, 11) is 0. The zero-order valence-electron chi connectivity index (χ0n) is 20.6. The number of aliphatic hydroxyl groups excluding tert-OH is 6. The van der Waals surface area contributed by atoms with Crippen LogP contribution in [0, 0.1) is 0 Å². The third kappa shape index (κ3) is 16.1. The molecular formula is C26H46O8. The molecule has 4 unspecified atom stereocenters. The van der Waals surface area contributed by atoms with E-state index in [-0.39, 0.29) is 0 Å². The first-order chi connectivity index (χ1) is 16.4. The maximum atomic E-state index is 12.3. The van der Waals surface area contributed by atoms with Gasteiger partial charge in [0.15, 0.2) is 5.76 Å². The number of carbonyl (C=O) groups excluding carboxylic acids is 1. The minimum absolute atomic E-state index is 0.532. The third-order valence-corrected chi connectivity index (χ3v) is 5.41. The number of unbranched alkanes of at least 4 members (excludes halogenated alkanes) is 11. The molecule has 4 atom stereocenters. The van der Waals surface area contributed by atoms with Crippen LogP contribution in [0.2, 0.25) is 0 Å². The Morgan fingerprint density at radius 3 is 1.79 bits per heavy atom. The number of aliphatic hydroxyl groups is 6. The Labute approximate surface area is 204 Å². The topological polar surface area (TPSA) is 148 Å². The van der Waals surface area contributed by atoms with Crippen molar-refractivity contribution in [3.8, 4) is 0 Å². The van der Waals surface area contributed by atoms with Gasteiger partial charge in [-0.05, 0) is 18.9 Å². The monoisotopic (exact) mass is 486 g/mol. The summed E-state index contributed by atoms with van der Waals surface area (Å²) in [5, 5.41) is 56.1. The lowest BCUT2D eigenvalue weighted by Crippen LogP contribution is -2.40. The van der Waals surface area contributed by atoms with Gasteiger partial charge >= 0.3 is 0 Å². The average Bonchev–Trinajstić information content (AvgIpc) is 2.85. The lowest BCUT2D eigenvalue weighted by atomic mass is 10.1. The SMILES string of the molecule is CCCCCCCCCCCCC/C=C/C=C/C=C(/OC(O)C(O)CO)C(=O)C(O)C(O)CO. The van der Waals surface area contributed by atoms with Crippen LogP contribution in [0.4, 0.5) is 0 Å². The molecule has 0 aliphatic carbocycles. The van der Waals surface area contributed by atoms with Crippen molar-refractivity contribution in [3.63, 3.8) is 0 Å². The minimum atomic E-state index is -1.97. The number of ketones is 1. The summed E-state index contributed by atoms with van der Waals surface area (Å²) >= 11 is 0. The predicted molar refractivity (Wildman–Crippen MR) is 132 cm³/mol. The van der Waals surface area contributed by atoms with Crippen molar-refractivity contribution >= 4 is 5.78 Å². The van der Waals surface area contributed by atoms with Crippen LogP contribution < -0.4 is 0 Å². The molecule has 0 amide bonds. The second kappa shape index (κ2) is 21.9. The summed E-state index contributed by atoms with van der Waals surface area (Å²) in [4.78, 5) is 12.3. The predicted octanol–water partition coefficient (Wildman–Crippen LogP) is 2.66. The van der Waals surface area contributed by atoms with Gasteiger partial charge in [0, 0.05) is 0 Å². The number of ether oxygens (including phenoxy) is 1. The fourth-order valence-electron chi connectivity index (χ4n) is 3.21. The molecular weight excluding hydrogens is 440 g/mol. The van der Waals surface area contributed by atoms with Crippen molar-refractivity contribution in [2.45, 2.75) is 109 Å². The van der Waals surface area contributed by atoms with E-state index in [1.54, 1.807) is 12.2 Å². The molecule has 34 heavy (non-hydrogen) atoms. The van der Waals surface area contributed by atoms with Crippen LogP contribution in [0.5, 0.6) is 0 Å². The fraction of sp³-hybridized carbons (Fsp3) is 0.731. The lowest BCUT2D eigenvalue weighted by Gasteiger charge is -2.21. The smallest absolute Gasteiger partial charge is 0.228 e. The Balaban J connectivity index is 4.37. The Morgan fingerprint density at radius 1 is 0.735 bits per heavy atom. The zero-order valence-corrected chi connectivity index (χ0v) is 20.6. The van der Waals surface area contributed by atoms with E-state index in [0.29, 0.717) is 0 Å². The molecule has 0 aliphatic rings. The Kier molecular flexibility index (Phi) is 20.9. The van der Waals surface area contributed by atoms with Gasteiger partial charge in [0.25, 0.3) is 0 Å². The highest BCUT2D eigenvalue weighted by molar-refractivity contribution is 5.97. The Bertz CT molecular complexity index is 587. The molecule has 0 aromatic rings. The number of Topliss-reactive ketones (excluding diaryl/α,β-unsaturated/α-hetero) is 1. The van der Waals surface area contributed by atoms with Crippen LogP contribution in [0.3, 0.4) is 0 Å². The number of hydrogen-bond donors (Lipinski definition) is 6. The van der Waals surface area contributed by atoms with Crippen molar-refractivity contribution in [1.82, 2.24) is 0 Å². The summed E-state index contributed by atoms with van der Waals surface area (Å²) in [5.74, 6) is -1.62. The first kappa shape index (κ1) is 32.5. The number of hydrogen-bond acceptors (Lipinski definition) is 8. The summed E-state index contributed by atoms with van der Waals surface area (Å²) in [6, 6.07) is 0. The van der Waals surface area contributed by atoms with E-state index in [2.05, 4.69) is 6.92 Å².